The fourth-order valence-electron chi connectivity index (χ4n) is 4.38. The summed E-state index contributed by atoms with van der Waals surface area (Å²) in [5, 5.41) is 6.41. The Hall–Kier alpha value is -4.21. The molecule has 1 aromatic heterocycles. The van der Waals surface area contributed by atoms with E-state index in [1.165, 1.54) is 4.90 Å². The molecule has 32 heavy (non-hydrogen) atoms. The quantitative estimate of drug-likeness (QED) is 0.647. The monoisotopic (exact) mass is 433 g/mol. The first-order valence-electron chi connectivity index (χ1n) is 10.1. The van der Waals surface area contributed by atoms with Crippen LogP contribution in [0.2, 0.25) is 0 Å². The molecule has 2 aliphatic rings. The van der Waals surface area contributed by atoms with Crippen molar-refractivity contribution >= 4 is 29.1 Å². The van der Waals surface area contributed by atoms with Crippen LogP contribution in [-0.2, 0) is 9.59 Å². The molecule has 2 aromatic carbocycles. The van der Waals surface area contributed by atoms with Gasteiger partial charge in [-0.2, -0.15) is 0 Å². The maximum absolute atomic E-state index is 13.3. The molecule has 2 N–H and O–H groups in total. The lowest BCUT2D eigenvalue weighted by atomic mass is 9.98. The highest BCUT2D eigenvalue weighted by atomic mass is 16.5. The summed E-state index contributed by atoms with van der Waals surface area (Å²) in [6.45, 7) is 1.58. The number of aromatic nitrogens is 2. The molecule has 10 heteroatoms. The van der Waals surface area contributed by atoms with Gasteiger partial charge in [0.25, 0.3) is 5.91 Å². The molecule has 0 aliphatic carbocycles. The lowest BCUT2D eigenvalue weighted by molar-refractivity contribution is -0.120. The number of benzene rings is 2. The Labute approximate surface area is 181 Å². The van der Waals surface area contributed by atoms with Crippen LogP contribution in [0.25, 0.3) is 11.4 Å². The van der Waals surface area contributed by atoms with Gasteiger partial charge in [0, 0.05) is 17.7 Å². The molecule has 1 atom stereocenters. The molecule has 0 spiro atoms. The van der Waals surface area contributed by atoms with Crippen LogP contribution in [0.4, 0.5) is 11.4 Å². The average Bonchev–Trinajstić information content (AvgIpc) is 3.35. The molecule has 0 saturated carbocycles. The Balaban J connectivity index is 1.40. The first-order chi connectivity index (χ1) is 15.4. The minimum absolute atomic E-state index is 0.0767. The minimum atomic E-state index is -0.915. The summed E-state index contributed by atoms with van der Waals surface area (Å²) in [6, 6.07) is 13.7. The van der Waals surface area contributed by atoms with Crippen molar-refractivity contribution in [1.29, 1.82) is 0 Å². The number of carbonyl (C=O) groups excluding carboxylic acids is 3. The Bertz CT molecular complexity index is 1310. The number of nitrogens with zero attached hydrogens (tertiary/aromatic N) is 3. The zero-order valence-corrected chi connectivity index (χ0v) is 17.1. The highest BCUT2D eigenvalue weighted by Crippen LogP contribution is 2.43. The number of anilines is 2. The van der Waals surface area contributed by atoms with Crippen LogP contribution in [-0.4, -0.2) is 45.0 Å². The third kappa shape index (κ3) is 3.08. The van der Waals surface area contributed by atoms with Crippen LogP contribution in [0.1, 0.15) is 30.1 Å². The van der Waals surface area contributed by atoms with Crippen LogP contribution in [0.5, 0.6) is 0 Å². The van der Waals surface area contributed by atoms with Gasteiger partial charge in [-0.1, -0.05) is 29.4 Å². The van der Waals surface area contributed by atoms with E-state index in [9.17, 15) is 19.2 Å². The topological polar surface area (TPSA) is 129 Å². The van der Waals surface area contributed by atoms with Gasteiger partial charge in [-0.3, -0.25) is 28.8 Å². The lowest BCUT2D eigenvalue weighted by Crippen LogP contribution is -2.63. The SMILES string of the molecule is CC12CCC(=O)N1c1ccccc1C(=O)N2CC(=O)Nc1cccc(-c2noc(=O)[nH]2)c1. The van der Waals surface area contributed by atoms with E-state index in [1.807, 2.05) is 0 Å². The van der Waals surface area contributed by atoms with E-state index < -0.39 is 17.3 Å². The zero-order chi connectivity index (χ0) is 22.5. The van der Waals surface area contributed by atoms with Gasteiger partial charge in [0.05, 0.1) is 11.3 Å². The molecule has 3 aromatic rings. The van der Waals surface area contributed by atoms with Gasteiger partial charge < -0.3 is 10.2 Å². The summed E-state index contributed by atoms with van der Waals surface area (Å²) < 4.78 is 4.52. The third-order valence-electron chi connectivity index (χ3n) is 5.91. The van der Waals surface area contributed by atoms with Crippen LogP contribution >= 0.6 is 0 Å². The molecular formula is C22H19N5O5. The van der Waals surface area contributed by atoms with Crippen molar-refractivity contribution in [3.05, 3.63) is 64.6 Å². The van der Waals surface area contributed by atoms with Crippen LogP contribution in [0.15, 0.2) is 57.8 Å². The number of aromatic amines is 1. The largest absolute Gasteiger partial charge is 0.439 e. The number of fused-ring (bicyclic) bond motifs is 3. The molecule has 3 heterocycles. The molecular weight excluding hydrogens is 414 g/mol. The Morgan fingerprint density at radius 3 is 2.78 bits per heavy atom. The van der Waals surface area contributed by atoms with E-state index in [0.29, 0.717) is 35.3 Å². The van der Waals surface area contributed by atoms with Crippen molar-refractivity contribution in [2.75, 3.05) is 16.8 Å². The van der Waals surface area contributed by atoms with Gasteiger partial charge in [-0.05, 0) is 37.6 Å². The predicted octanol–water partition coefficient (Wildman–Crippen LogP) is 1.97. The van der Waals surface area contributed by atoms with Crippen molar-refractivity contribution in [3.8, 4) is 11.4 Å². The molecule has 162 valence electrons. The van der Waals surface area contributed by atoms with Crippen molar-refractivity contribution in [2.24, 2.45) is 0 Å². The van der Waals surface area contributed by atoms with Gasteiger partial charge in [-0.25, -0.2) is 4.79 Å². The summed E-state index contributed by atoms with van der Waals surface area (Å²) in [4.78, 5) is 55.5. The normalized spacial score (nSPS) is 19.7. The average molecular weight is 433 g/mol. The molecule has 5 rings (SSSR count). The highest BCUT2D eigenvalue weighted by Gasteiger charge is 2.53. The molecule has 1 saturated heterocycles. The van der Waals surface area contributed by atoms with Crippen molar-refractivity contribution in [1.82, 2.24) is 15.0 Å². The number of hydrogen-bond donors (Lipinski definition) is 2. The van der Waals surface area contributed by atoms with Crippen molar-refractivity contribution in [2.45, 2.75) is 25.4 Å². The van der Waals surface area contributed by atoms with E-state index in [4.69, 9.17) is 0 Å². The second kappa shape index (κ2) is 7.19. The number of nitrogens with one attached hydrogen (secondary N) is 2. The summed E-state index contributed by atoms with van der Waals surface area (Å²) in [6.07, 6.45) is 0.738. The number of amides is 3. The number of carbonyl (C=O) groups is 3. The third-order valence-corrected chi connectivity index (χ3v) is 5.91. The number of hydrogen-bond acceptors (Lipinski definition) is 6. The zero-order valence-electron chi connectivity index (χ0n) is 17.1. The van der Waals surface area contributed by atoms with Gasteiger partial charge in [-0.15, -0.1) is 0 Å². The van der Waals surface area contributed by atoms with E-state index in [-0.39, 0.29) is 24.2 Å². The van der Waals surface area contributed by atoms with E-state index in [1.54, 1.807) is 60.4 Å². The Morgan fingerprint density at radius 2 is 2.00 bits per heavy atom. The van der Waals surface area contributed by atoms with Crippen LogP contribution < -0.4 is 16.0 Å². The van der Waals surface area contributed by atoms with Crippen molar-refractivity contribution < 1.29 is 18.9 Å². The smallest absolute Gasteiger partial charge is 0.325 e. The second-order valence-electron chi connectivity index (χ2n) is 7.93. The van der Waals surface area contributed by atoms with E-state index in [2.05, 4.69) is 20.0 Å². The standard InChI is InChI=1S/C22H19N5O5/c1-22-10-9-18(29)27(22)16-8-3-2-7-15(16)20(30)26(22)12-17(28)23-14-6-4-5-13(11-14)19-24-21(31)32-25-19/h2-8,11H,9-10,12H2,1H3,(H,23,28)(H,24,25,31). The first-order valence-corrected chi connectivity index (χ1v) is 10.1. The molecule has 0 bridgehead atoms. The first kappa shape index (κ1) is 19.7. The summed E-state index contributed by atoms with van der Waals surface area (Å²) in [5.74, 6) is -1.22. The summed E-state index contributed by atoms with van der Waals surface area (Å²) in [7, 11) is 0. The van der Waals surface area contributed by atoms with Gasteiger partial charge >= 0.3 is 5.76 Å². The molecule has 2 aliphatic heterocycles. The van der Waals surface area contributed by atoms with E-state index >= 15 is 0 Å². The molecule has 3 amide bonds. The number of H-pyrrole nitrogens is 1. The minimum Gasteiger partial charge on any atom is -0.325 e. The molecule has 1 unspecified atom stereocenters. The highest BCUT2D eigenvalue weighted by molar-refractivity contribution is 6.11. The molecule has 10 nitrogen and oxygen atoms in total. The number of para-hydroxylation sites is 1. The summed E-state index contributed by atoms with van der Waals surface area (Å²) in [5.41, 5.74) is 1.07. The summed E-state index contributed by atoms with van der Waals surface area (Å²) >= 11 is 0. The van der Waals surface area contributed by atoms with Gasteiger partial charge in [0.2, 0.25) is 11.8 Å². The van der Waals surface area contributed by atoms with Crippen LogP contribution in [0, 0.1) is 0 Å². The lowest BCUT2D eigenvalue weighted by Gasteiger charge is -2.48. The Kier molecular flexibility index (Phi) is 4.43. The van der Waals surface area contributed by atoms with E-state index in [0.717, 1.165) is 0 Å². The maximum atomic E-state index is 13.3. The predicted molar refractivity (Wildman–Crippen MR) is 114 cm³/mol. The molecule has 0 radical (unpaired) electrons. The van der Waals surface area contributed by atoms with Gasteiger partial charge in [0.15, 0.2) is 5.82 Å². The van der Waals surface area contributed by atoms with Gasteiger partial charge in [0.1, 0.15) is 12.2 Å². The molecule has 1 fully saturated rings. The number of rotatable bonds is 4. The fraction of sp³-hybridized carbons (Fsp3) is 0.227. The van der Waals surface area contributed by atoms with Crippen LogP contribution in [0.3, 0.4) is 0 Å². The second-order valence-corrected chi connectivity index (χ2v) is 7.93. The maximum Gasteiger partial charge on any atom is 0.439 e. The van der Waals surface area contributed by atoms with Crippen molar-refractivity contribution in [3.63, 3.8) is 0 Å². The Morgan fingerprint density at radius 1 is 1.19 bits per heavy atom. The fourth-order valence-corrected chi connectivity index (χ4v) is 4.38.